The highest BCUT2D eigenvalue weighted by Gasteiger charge is 2.39. The number of carbonyl (C=O) groups is 1. The topological polar surface area (TPSA) is 70.2 Å². The summed E-state index contributed by atoms with van der Waals surface area (Å²) in [5.41, 5.74) is -0.505. The number of amides is 2. The molecule has 1 aromatic heterocycles. The average Bonchev–Trinajstić information content (AvgIpc) is 3.01. The molecule has 2 amide bonds. The molecule has 144 valence electrons. The lowest BCUT2D eigenvalue weighted by molar-refractivity contribution is -0.141. The van der Waals surface area contributed by atoms with Crippen molar-refractivity contribution in [2.45, 2.75) is 38.8 Å². The maximum Gasteiger partial charge on any atom is 0.433 e. The van der Waals surface area contributed by atoms with Gasteiger partial charge in [-0.25, -0.2) is 14.8 Å². The SMILES string of the molecule is Cc1cc(C(F)(F)F)nc(CCNC(=O)N2CCC[C@]3(CCNC3)C2)n1. The number of likely N-dealkylation sites (tertiary alicyclic amines) is 1. The zero-order chi connectivity index (χ0) is 18.8. The normalized spacial score (nSPS) is 23.5. The van der Waals surface area contributed by atoms with E-state index in [9.17, 15) is 18.0 Å². The second-order valence-corrected chi connectivity index (χ2v) is 7.24. The Kier molecular flexibility index (Phi) is 5.36. The van der Waals surface area contributed by atoms with Crippen LogP contribution in [0.3, 0.4) is 0 Å². The predicted molar refractivity (Wildman–Crippen MR) is 89.6 cm³/mol. The van der Waals surface area contributed by atoms with E-state index < -0.39 is 11.9 Å². The van der Waals surface area contributed by atoms with Gasteiger partial charge in [0.1, 0.15) is 11.5 Å². The zero-order valence-corrected chi connectivity index (χ0v) is 14.8. The number of nitrogens with one attached hydrogen (secondary N) is 2. The van der Waals surface area contributed by atoms with Crippen LogP contribution in [-0.4, -0.2) is 53.6 Å². The molecule has 3 rings (SSSR count). The third kappa shape index (κ3) is 4.44. The van der Waals surface area contributed by atoms with Gasteiger partial charge in [-0.05, 0) is 38.8 Å². The highest BCUT2D eigenvalue weighted by molar-refractivity contribution is 5.74. The number of alkyl halides is 3. The Labute approximate surface area is 150 Å². The first-order valence-corrected chi connectivity index (χ1v) is 8.93. The smallest absolute Gasteiger partial charge is 0.338 e. The molecule has 2 aliphatic heterocycles. The fraction of sp³-hybridized carbons (Fsp3) is 0.706. The van der Waals surface area contributed by atoms with Crippen LogP contribution in [0.15, 0.2) is 6.07 Å². The average molecular weight is 371 g/mol. The molecule has 3 heterocycles. The molecule has 0 aliphatic carbocycles. The summed E-state index contributed by atoms with van der Waals surface area (Å²) in [6, 6.07) is 0.755. The monoisotopic (exact) mass is 371 g/mol. The first-order valence-electron chi connectivity index (χ1n) is 8.93. The zero-order valence-electron chi connectivity index (χ0n) is 14.8. The van der Waals surface area contributed by atoms with Crippen LogP contribution in [0.4, 0.5) is 18.0 Å². The van der Waals surface area contributed by atoms with Gasteiger partial charge >= 0.3 is 12.2 Å². The Morgan fingerprint density at radius 3 is 2.88 bits per heavy atom. The number of nitrogens with zero attached hydrogens (tertiary/aromatic N) is 3. The second-order valence-electron chi connectivity index (χ2n) is 7.24. The lowest BCUT2D eigenvalue weighted by Gasteiger charge is -2.39. The van der Waals surface area contributed by atoms with Gasteiger partial charge in [-0.1, -0.05) is 0 Å². The Hall–Kier alpha value is -1.90. The van der Waals surface area contributed by atoms with Crippen LogP contribution in [0.5, 0.6) is 0 Å². The number of halogens is 3. The molecular weight excluding hydrogens is 347 g/mol. The quantitative estimate of drug-likeness (QED) is 0.854. The Morgan fingerprint density at radius 1 is 1.38 bits per heavy atom. The molecule has 1 atom stereocenters. The van der Waals surface area contributed by atoms with Crippen LogP contribution >= 0.6 is 0 Å². The van der Waals surface area contributed by atoms with Crippen LogP contribution < -0.4 is 10.6 Å². The molecule has 0 aromatic carbocycles. The molecule has 1 aromatic rings. The summed E-state index contributed by atoms with van der Waals surface area (Å²) in [6.07, 6.45) is -1.15. The maximum atomic E-state index is 12.8. The lowest BCUT2D eigenvalue weighted by atomic mass is 9.79. The minimum absolute atomic E-state index is 0.0905. The molecule has 2 fully saturated rings. The molecule has 0 saturated carbocycles. The summed E-state index contributed by atoms with van der Waals surface area (Å²) in [4.78, 5) is 21.8. The van der Waals surface area contributed by atoms with Crippen molar-refractivity contribution >= 4 is 6.03 Å². The number of piperidine rings is 1. The van der Waals surface area contributed by atoms with E-state index >= 15 is 0 Å². The second kappa shape index (κ2) is 7.38. The van der Waals surface area contributed by atoms with E-state index in [0.717, 1.165) is 45.0 Å². The molecule has 1 spiro atoms. The van der Waals surface area contributed by atoms with E-state index in [4.69, 9.17) is 0 Å². The summed E-state index contributed by atoms with van der Waals surface area (Å²) in [5.74, 6) is 0.0905. The van der Waals surface area contributed by atoms with Crippen LogP contribution in [0, 0.1) is 12.3 Å². The van der Waals surface area contributed by atoms with Crippen molar-refractivity contribution in [1.29, 1.82) is 0 Å². The van der Waals surface area contributed by atoms with Crippen LogP contribution in [0.1, 0.15) is 36.5 Å². The summed E-state index contributed by atoms with van der Waals surface area (Å²) in [7, 11) is 0. The summed E-state index contributed by atoms with van der Waals surface area (Å²) in [5, 5.41) is 6.15. The van der Waals surface area contributed by atoms with Crippen LogP contribution in [0.2, 0.25) is 0 Å². The Bertz CT molecular complexity index is 658. The number of carbonyl (C=O) groups excluding carboxylic acids is 1. The minimum Gasteiger partial charge on any atom is -0.338 e. The number of hydrogen-bond acceptors (Lipinski definition) is 4. The standard InChI is InChI=1S/C17H24F3N5O/c1-12-9-13(17(18,19)20)24-14(23-12)3-6-22-15(26)25-8-2-4-16(11-25)5-7-21-10-16/h9,21H,2-8,10-11H2,1H3,(H,22,26)/t16-/m1/s1. The summed E-state index contributed by atoms with van der Waals surface area (Å²) >= 11 is 0. The molecule has 26 heavy (non-hydrogen) atoms. The largest absolute Gasteiger partial charge is 0.433 e. The van der Waals surface area contributed by atoms with E-state index in [1.165, 1.54) is 6.92 Å². The fourth-order valence-corrected chi connectivity index (χ4v) is 3.81. The Morgan fingerprint density at radius 2 is 2.19 bits per heavy atom. The highest BCUT2D eigenvalue weighted by atomic mass is 19.4. The van der Waals surface area contributed by atoms with Crippen LogP contribution in [0.25, 0.3) is 0 Å². The van der Waals surface area contributed by atoms with Crippen molar-refractivity contribution in [2.24, 2.45) is 5.41 Å². The van der Waals surface area contributed by atoms with Crippen LogP contribution in [-0.2, 0) is 12.6 Å². The van der Waals surface area contributed by atoms with E-state index in [1.54, 1.807) is 0 Å². The highest BCUT2D eigenvalue weighted by Crippen LogP contribution is 2.35. The van der Waals surface area contributed by atoms with Crippen molar-refractivity contribution in [3.05, 3.63) is 23.3 Å². The first-order chi connectivity index (χ1) is 12.3. The first kappa shape index (κ1) is 18.9. The van der Waals surface area contributed by atoms with E-state index in [-0.39, 0.29) is 35.9 Å². The molecule has 2 saturated heterocycles. The van der Waals surface area contributed by atoms with E-state index in [1.807, 2.05) is 4.90 Å². The Balaban J connectivity index is 1.53. The van der Waals surface area contributed by atoms with Crippen molar-refractivity contribution in [2.75, 3.05) is 32.7 Å². The molecule has 6 nitrogen and oxygen atoms in total. The maximum absolute atomic E-state index is 12.8. The van der Waals surface area contributed by atoms with E-state index in [0.29, 0.717) is 6.54 Å². The van der Waals surface area contributed by atoms with Crippen molar-refractivity contribution in [3.8, 4) is 0 Å². The van der Waals surface area contributed by atoms with E-state index in [2.05, 4.69) is 20.6 Å². The molecule has 0 bridgehead atoms. The van der Waals surface area contributed by atoms with Gasteiger partial charge in [0.2, 0.25) is 0 Å². The molecular formula is C17H24F3N5O. The third-order valence-electron chi connectivity index (χ3n) is 5.10. The van der Waals surface area contributed by atoms with Gasteiger partial charge in [-0.3, -0.25) is 0 Å². The number of hydrogen-bond donors (Lipinski definition) is 2. The van der Waals surface area contributed by atoms with Gasteiger partial charge in [-0.15, -0.1) is 0 Å². The molecule has 2 N–H and O–H groups in total. The van der Waals surface area contributed by atoms with Crippen molar-refractivity contribution < 1.29 is 18.0 Å². The fourth-order valence-electron chi connectivity index (χ4n) is 3.81. The number of aromatic nitrogens is 2. The molecule has 0 radical (unpaired) electrons. The van der Waals surface area contributed by atoms with Gasteiger partial charge in [0.25, 0.3) is 0 Å². The molecule has 9 heteroatoms. The van der Waals surface area contributed by atoms with Gasteiger partial charge in [-0.2, -0.15) is 13.2 Å². The minimum atomic E-state index is -4.50. The summed E-state index contributed by atoms with van der Waals surface area (Å²) < 4.78 is 38.4. The summed E-state index contributed by atoms with van der Waals surface area (Å²) in [6.45, 7) is 5.08. The predicted octanol–water partition coefficient (Wildman–Crippen LogP) is 2.13. The van der Waals surface area contributed by atoms with Crippen molar-refractivity contribution in [3.63, 3.8) is 0 Å². The van der Waals surface area contributed by atoms with Gasteiger partial charge in [0, 0.05) is 43.7 Å². The molecule has 2 aliphatic rings. The van der Waals surface area contributed by atoms with Crippen molar-refractivity contribution in [1.82, 2.24) is 25.5 Å². The molecule has 0 unspecified atom stereocenters. The van der Waals surface area contributed by atoms with Gasteiger partial charge < -0.3 is 15.5 Å². The lowest BCUT2D eigenvalue weighted by Crippen LogP contribution is -2.50. The van der Waals surface area contributed by atoms with Gasteiger partial charge in [0.05, 0.1) is 0 Å². The number of aryl methyl sites for hydroxylation is 1. The van der Waals surface area contributed by atoms with Gasteiger partial charge in [0.15, 0.2) is 0 Å². The number of rotatable bonds is 3. The number of urea groups is 1. The third-order valence-corrected chi connectivity index (χ3v) is 5.10.